The molecule has 0 bridgehead atoms. The number of carbonyl (C=O) groups is 3. The second kappa shape index (κ2) is 62.4. The zero-order chi connectivity index (χ0) is 54.3. The molecule has 0 aromatic heterocycles. The SMILES string of the molecule is CC/C=C\C/C=C\C/C=C\C/C=C\C/C=C\C/C=C\C/C=C\CCCCCCCCCCCCCCCC(=O)OCC(COC(=O)CCCCCCCCC)OC(=O)CCCCCCC/C=C\C/C=C\C/C=C\CC. The average molecular weight is 1040 g/mol. The topological polar surface area (TPSA) is 78.9 Å². The summed E-state index contributed by atoms with van der Waals surface area (Å²) >= 11 is 0. The summed E-state index contributed by atoms with van der Waals surface area (Å²) in [5, 5.41) is 0. The summed E-state index contributed by atoms with van der Waals surface area (Å²) < 4.78 is 16.8. The number of rotatable bonds is 55. The van der Waals surface area contributed by atoms with Crippen molar-refractivity contribution in [3.63, 3.8) is 0 Å². The van der Waals surface area contributed by atoms with Gasteiger partial charge in [0.15, 0.2) is 6.10 Å². The van der Waals surface area contributed by atoms with E-state index in [1.165, 1.54) is 96.3 Å². The van der Waals surface area contributed by atoms with Gasteiger partial charge in [-0.15, -0.1) is 0 Å². The summed E-state index contributed by atoms with van der Waals surface area (Å²) in [6.45, 7) is 6.36. The number of carbonyl (C=O) groups excluding carboxylic acids is 3. The zero-order valence-electron chi connectivity index (χ0n) is 48.8. The third-order valence-corrected chi connectivity index (χ3v) is 13.0. The third kappa shape index (κ3) is 60.6. The molecule has 0 saturated heterocycles. The second-order valence-corrected chi connectivity index (χ2v) is 20.2. The predicted octanol–water partition coefficient (Wildman–Crippen LogP) is 21.2. The van der Waals surface area contributed by atoms with Crippen LogP contribution < -0.4 is 0 Å². The summed E-state index contributed by atoms with van der Waals surface area (Å²) in [5.41, 5.74) is 0. The number of ether oxygens (including phenoxy) is 3. The van der Waals surface area contributed by atoms with Gasteiger partial charge in [-0.2, -0.15) is 0 Å². The van der Waals surface area contributed by atoms with Crippen molar-refractivity contribution in [2.45, 2.75) is 284 Å². The molecule has 0 aliphatic rings. The molecule has 0 amide bonds. The van der Waals surface area contributed by atoms with E-state index in [1.807, 2.05) is 0 Å². The summed E-state index contributed by atoms with van der Waals surface area (Å²) in [5.74, 6) is -0.908. The Hall–Kier alpha value is -4.19. The average Bonchev–Trinajstić information content (AvgIpc) is 3.41. The molecule has 0 aromatic rings. The van der Waals surface area contributed by atoms with Gasteiger partial charge in [-0.05, 0) is 109 Å². The van der Waals surface area contributed by atoms with Crippen LogP contribution in [0.1, 0.15) is 278 Å². The molecule has 0 spiro atoms. The van der Waals surface area contributed by atoms with Crippen molar-refractivity contribution in [3.8, 4) is 0 Å². The minimum absolute atomic E-state index is 0.0846. The van der Waals surface area contributed by atoms with E-state index < -0.39 is 6.10 Å². The molecule has 1 atom stereocenters. The maximum atomic E-state index is 12.8. The van der Waals surface area contributed by atoms with E-state index in [0.717, 1.165) is 141 Å². The molecule has 1 unspecified atom stereocenters. The first-order chi connectivity index (χ1) is 37.0. The highest BCUT2D eigenvalue weighted by Gasteiger charge is 2.19. The molecular weight excluding hydrogens is 925 g/mol. The maximum Gasteiger partial charge on any atom is 0.306 e. The largest absolute Gasteiger partial charge is 0.462 e. The van der Waals surface area contributed by atoms with Gasteiger partial charge in [0.25, 0.3) is 0 Å². The Balaban J connectivity index is 4.06. The Kier molecular flexibility index (Phi) is 58.9. The number of hydrogen-bond donors (Lipinski definition) is 0. The molecule has 0 rings (SSSR count). The van der Waals surface area contributed by atoms with Crippen molar-refractivity contribution in [1.82, 2.24) is 0 Å². The van der Waals surface area contributed by atoms with Crippen molar-refractivity contribution in [2.24, 2.45) is 0 Å². The first-order valence-corrected chi connectivity index (χ1v) is 31.0. The minimum Gasteiger partial charge on any atom is -0.462 e. The van der Waals surface area contributed by atoms with Crippen LogP contribution in [0.4, 0.5) is 0 Å². The normalized spacial score (nSPS) is 12.9. The Morgan fingerprint density at radius 1 is 0.280 bits per heavy atom. The molecular formula is C69H114O6. The minimum atomic E-state index is -0.785. The fraction of sp³-hybridized carbons (Fsp3) is 0.667. The molecule has 6 nitrogen and oxygen atoms in total. The third-order valence-electron chi connectivity index (χ3n) is 13.0. The molecule has 426 valence electrons. The van der Waals surface area contributed by atoms with E-state index in [4.69, 9.17) is 14.2 Å². The van der Waals surface area contributed by atoms with E-state index in [2.05, 4.69) is 142 Å². The van der Waals surface area contributed by atoms with E-state index in [0.29, 0.717) is 19.3 Å². The van der Waals surface area contributed by atoms with E-state index in [9.17, 15) is 14.4 Å². The lowest BCUT2D eigenvalue weighted by molar-refractivity contribution is -0.167. The Morgan fingerprint density at radius 2 is 0.520 bits per heavy atom. The maximum absolute atomic E-state index is 12.8. The van der Waals surface area contributed by atoms with Crippen LogP contribution in [-0.4, -0.2) is 37.2 Å². The first kappa shape index (κ1) is 70.8. The van der Waals surface area contributed by atoms with Gasteiger partial charge in [-0.1, -0.05) is 271 Å². The van der Waals surface area contributed by atoms with Crippen LogP contribution in [0.5, 0.6) is 0 Å². The Labute approximate surface area is 462 Å². The van der Waals surface area contributed by atoms with Gasteiger partial charge in [0.05, 0.1) is 0 Å². The highest BCUT2D eigenvalue weighted by atomic mass is 16.6. The number of allylic oxidation sites excluding steroid dienone is 20. The molecule has 0 N–H and O–H groups in total. The van der Waals surface area contributed by atoms with Crippen LogP contribution in [0, 0.1) is 0 Å². The lowest BCUT2D eigenvalue weighted by Gasteiger charge is -2.18. The fourth-order valence-electron chi connectivity index (χ4n) is 8.38. The van der Waals surface area contributed by atoms with E-state index in [1.54, 1.807) is 0 Å². The second-order valence-electron chi connectivity index (χ2n) is 20.2. The van der Waals surface area contributed by atoms with Crippen molar-refractivity contribution >= 4 is 17.9 Å². The molecule has 6 heteroatoms. The lowest BCUT2D eigenvalue weighted by Crippen LogP contribution is -2.30. The van der Waals surface area contributed by atoms with Crippen molar-refractivity contribution in [1.29, 1.82) is 0 Å². The summed E-state index contributed by atoms with van der Waals surface area (Å²) in [6.07, 6.45) is 86.6. The first-order valence-electron chi connectivity index (χ1n) is 31.0. The van der Waals surface area contributed by atoms with E-state index in [-0.39, 0.29) is 31.1 Å². The van der Waals surface area contributed by atoms with Gasteiger partial charge in [0, 0.05) is 19.3 Å². The summed E-state index contributed by atoms with van der Waals surface area (Å²) in [6, 6.07) is 0. The molecule has 75 heavy (non-hydrogen) atoms. The Morgan fingerprint density at radius 3 is 0.813 bits per heavy atom. The molecule has 0 aliphatic heterocycles. The number of unbranched alkanes of at least 4 members (excludes halogenated alkanes) is 24. The van der Waals surface area contributed by atoms with Gasteiger partial charge in [0.2, 0.25) is 0 Å². The van der Waals surface area contributed by atoms with Gasteiger partial charge < -0.3 is 14.2 Å². The van der Waals surface area contributed by atoms with Crippen LogP contribution >= 0.6 is 0 Å². The molecule has 0 fully saturated rings. The highest BCUT2D eigenvalue weighted by Crippen LogP contribution is 2.15. The van der Waals surface area contributed by atoms with Crippen LogP contribution in [0.25, 0.3) is 0 Å². The molecule has 0 heterocycles. The monoisotopic (exact) mass is 1040 g/mol. The van der Waals surface area contributed by atoms with Crippen LogP contribution in [-0.2, 0) is 28.6 Å². The van der Waals surface area contributed by atoms with Crippen molar-refractivity contribution < 1.29 is 28.6 Å². The van der Waals surface area contributed by atoms with Crippen LogP contribution in [0.2, 0.25) is 0 Å². The quantitative estimate of drug-likeness (QED) is 0.0261. The fourth-order valence-corrected chi connectivity index (χ4v) is 8.38. The van der Waals surface area contributed by atoms with E-state index >= 15 is 0 Å². The van der Waals surface area contributed by atoms with Crippen molar-refractivity contribution in [3.05, 3.63) is 122 Å². The lowest BCUT2D eigenvalue weighted by atomic mass is 10.0. The number of hydrogen-bond acceptors (Lipinski definition) is 6. The van der Waals surface area contributed by atoms with Crippen molar-refractivity contribution in [2.75, 3.05) is 13.2 Å². The van der Waals surface area contributed by atoms with Gasteiger partial charge >= 0.3 is 17.9 Å². The predicted molar refractivity (Wildman–Crippen MR) is 325 cm³/mol. The molecule has 0 radical (unpaired) electrons. The molecule has 0 saturated carbocycles. The van der Waals surface area contributed by atoms with Crippen LogP contribution in [0.3, 0.4) is 0 Å². The van der Waals surface area contributed by atoms with Gasteiger partial charge in [-0.25, -0.2) is 0 Å². The van der Waals surface area contributed by atoms with Crippen LogP contribution in [0.15, 0.2) is 122 Å². The van der Waals surface area contributed by atoms with Gasteiger partial charge in [0.1, 0.15) is 13.2 Å². The standard InChI is InChI=1S/C69H114O6/c1-4-7-10-13-16-18-20-22-24-25-26-27-28-29-30-31-32-33-34-35-36-37-38-39-40-41-42-43-45-46-48-50-53-56-59-62-68(71)74-65-66(64-73-67(70)61-58-55-52-15-12-9-6-3)75-69(72)63-60-57-54-51-49-47-44-23-21-19-17-14-11-8-5-2/h7-8,10-11,16-19,22-24,26-27,29-30,32-33,35-36,44,66H,4-6,9,12-15,20-21,25,28,31,34,37-43,45-65H2,1-3H3/b10-7-,11-8-,18-16-,19-17-,24-22-,27-26-,30-29-,33-32-,36-35-,44-23-. The highest BCUT2D eigenvalue weighted by molar-refractivity contribution is 5.71. The summed E-state index contributed by atoms with van der Waals surface area (Å²) in [7, 11) is 0. The molecule has 0 aromatic carbocycles. The molecule has 0 aliphatic carbocycles. The smallest absolute Gasteiger partial charge is 0.306 e. The van der Waals surface area contributed by atoms with Gasteiger partial charge in [-0.3, -0.25) is 14.4 Å². The Bertz CT molecular complexity index is 1570. The number of esters is 3. The summed E-state index contributed by atoms with van der Waals surface area (Å²) in [4.78, 5) is 38.0. The zero-order valence-corrected chi connectivity index (χ0v) is 48.8.